The quantitative estimate of drug-likeness (QED) is 0.0362. The Balaban J connectivity index is 0.000000130. The molecule has 11 aromatic carbocycles. The molecule has 4 saturated carbocycles. The van der Waals surface area contributed by atoms with Gasteiger partial charge >= 0.3 is 0 Å². The Kier molecular flexibility index (Phi) is 34.5. The van der Waals surface area contributed by atoms with Gasteiger partial charge in [-0.15, -0.1) is 0 Å². The lowest BCUT2D eigenvalue weighted by molar-refractivity contribution is -0.124. The van der Waals surface area contributed by atoms with Crippen LogP contribution in [-0.2, 0) is 35.1 Å². The molecule has 4 aliphatic carbocycles. The second kappa shape index (κ2) is 46.7. The molecule has 16 nitrogen and oxygen atoms in total. The molecule has 4 saturated heterocycles. The first-order valence-electron chi connectivity index (χ1n) is 48.4. The zero-order valence-electron chi connectivity index (χ0n) is 78.0. The van der Waals surface area contributed by atoms with Crippen molar-refractivity contribution in [2.75, 3.05) is 58.9 Å². The van der Waals surface area contributed by atoms with Crippen molar-refractivity contribution in [3.8, 4) is 6.07 Å². The van der Waals surface area contributed by atoms with Crippen LogP contribution in [0.1, 0.15) is 191 Å². The predicted octanol–water partition coefficient (Wildman–Crippen LogP) is 30.0. The largest absolute Gasteiger partial charge is 0.364 e. The topological polar surface area (TPSA) is 200 Å². The van der Waals surface area contributed by atoms with Crippen molar-refractivity contribution in [1.29, 1.82) is 5.26 Å². The molecule has 20 rings (SSSR count). The standard InChI is InChI=1S/2C29H29Cl3N2O.C28H26Cl3N3O2S.C26H26Cl3N3O2S/c30-22-7-10-24(11-8-22)34-19-20(6-13-27(34)25-12-9-23(31)18-26(25)32)14-17-33-28(35)29(15-16-29)21-4-2-1-3-5-21;30-21-7-10-23(11-8-21)34-18-19(6-13-28(34)24-12-9-22(31)16-27(24)32)14-15-33-29(35)26-17-25(26)20-4-2-1-3-5-20;29-21-5-8-23(9-6-21)34-18-20(4-11-27(34)25-10-7-22(30)15-26(25)31)16-28(12-13-28)33-37(35,36)24-3-1-2-19(14-24)17-32;27-19-4-7-21(8-5-19)32-17-18(3-10-25(32)23-9-6-20(28)14-24(23)29)15-26(11-12-26)31-35(33,34)22-2-1-13-30-16-22/h1-5,7-12,18,20,27H,6,13-17,19H2,(H,33,35);1-5,7-12,16,19,25-26,28H,6,13-15,17-18H2,(H,33,35);1-3,5-10,14-15,20,27,33H,4,11-13,16,18H2;1-2,4-9,13-14,16,18,25,31H,3,10-12,15,17H2/t20-,27-;19?,25-,26?,28?;20-,27-;18-,25-/m0000/s1. The Morgan fingerprint density at radius 3 is 1.08 bits per heavy atom. The van der Waals surface area contributed by atoms with Crippen molar-refractivity contribution in [3.63, 3.8) is 0 Å². The summed E-state index contributed by atoms with van der Waals surface area (Å²) in [6.07, 6.45) is 20.3. The monoisotopic (exact) mass is 2170 g/mol. The summed E-state index contributed by atoms with van der Waals surface area (Å²) in [6, 6.07) is 86.9. The van der Waals surface area contributed by atoms with Crippen LogP contribution in [0, 0.1) is 40.9 Å². The highest BCUT2D eigenvalue weighted by atomic mass is 35.5. The summed E-state index contributed by atoms with van der Waals surface area (Å²) >= 11 is 75.7. The Morgan fingerprint density at radius 2 is 0.725 bits per heavy atom. The third-order valence-corrected chi connectivity index (χ3v) is 35.6. The molecule has 0 bridgehead atoms. The average molecular weight is 2180 g/mol. The molecule has 10 atom stereocenters. The summed E-state index contributed by atoms with van der Waals surface area (Å²) in [5.41, 5.74) is 10.2. The number of rotatable bonds is 28. The summed E-state index contributed by atoms with van der Waals surface area (Å²) in [7, 11) is -7.34. The normalized spacial score (nSPS) is 21.8. The fourth-order valence-corrected chi connectivity index (χ4v) is 26.8. The van der Waals surface area contributed by atoms with E-state index in [1.807, 2.05) is 176 Å². The minimum atomic E-state index is -3.73. The molecule has 3 unspecified atom stereocenters. The van der Waals surface area contributed by atoms with E-state index in [-0.39, 0.29) is 63.0 Å². The van der Waals surface area contributed by atoms with Crippen LogP contribution < -0.4 is 39.7 Å². The summed E-state index contributed by atoms with van der Waals surface area (Å²) in [6.45, 7) is 4.75. The number of nitrogens with zero attached hydrogens (tertiary/aromatic N) is 6. The smallest absolute Gasteiger partial charge is 0.242 e. The molecule has 8 aliphatic rings. The highest BCUT2D eigenvalue weighted by Gasteiger charge is 2.53. The van der Waals surface area contributed by atoms with E-state index in [1.54, 1.807) is 42.6 Å². The Hall–Kier alpha value is -8.50. The molecule has 0 radical (unpaired) electrons. The van der Waals surface area contributed by atoms with Gasteiger partial charge in [-0.05, 0) is 361 Å². The molecule has 4 N–H and O–H groups in total. The van der Waals surface area contributed by atoms with Gasteiger partial charge in [0.2, 0.25) is 31.9 Å². The number of amides is 2. The number of sulfonamides is 2. The molecule has 4 aliphatic heterocycles. The average Bonchev–Trinajstić information content (AvgIpc) is 1.59. The SMILES string of the molecule is N#Cc1cccc(S(=O)(=O)NC2(C[C@@H]3CC[C@@H](c4ccc(Cl)cc4Cl)N(c4ccc(Cl)cc4)C3)CC2)c1.O=C(NCCC1CCC(c2ccc(Cl)cc2Cl)N(c2ccc(Cl)cc2)C1)C1C[C@H]1c1ccccc1.O=C(NCC[C@@H]1CC[C@@H](c2ccc(Cl)cc2Cl)N(c2ccc(Cl)cc2)C1)C1(c2ccccc2)CC1.O=S(=O)(NC1(C[C@@H]2CC[C@@H](c3ccc(Cl)cc3Cl)N(c3ccc(Cl)cc3)C2)CC1)c1cccnc1. The fraction of sp³-hybridized carbons (Fsp3) is 0.339. The lowest BCUT2D eigenvalue weighted by Gasteiger charge is -2.43. The third-order valence-electron chi connectivity index (χ3n) is 29.2. The van der Waals surface area contributed by atoms with Crippen molar-refractivity contribution in [2.45, 2.75) is 178 Å². The first kappa shape index (κ1) is 105. The number of nitriles is 1. The van der Waals surface area contributed by atoms with Crippen LogP contribution >= 0.6 is 139 Å². The molecule has 12 aromatic rings. The molecule has 740 valence electrons. The van der Waals surface area contributed by atoms with E-state index in [0.29, 0.717) is 92.6 Å². The Labute approximate surface area is 893 Å². The number of halogens is 12. The van der Waals surface area contributed by atoms with E-state index < -0.39 is 31.1 Å². The van der Waals surface area contributed by atoms with Crippen LogP contribution in [0.15, 0.2) is 289 Å². The number of carbonyl (C=O) groups excluding carboxylic acids is 2. The molecule has 142 heavy (non-hydrogen) atoms. The number of piperidine rings is 4. The highest BCUT2D eigenvalue weighted by Crippen LogP contribution is 2.54. The second-order valence-electron chi connectivity index (χ2n) is 39.0. The predicted molar refractivity (Wildman–Crippen MR) is 582 cm³/mol. The molecule has 30 heteroatoms. The van der Waals surface area contributed by atoms with Gasteiger partial charge in [-0.2, -0.15) is 5.26 Å². The lowest BCUT2D eigenvalue weighted by Crippen LogP contribution is -2.43. The van der Waals surface area contributed by atoms with Gasteiger partial charge in [-0.3, -0.25) is 14.6 Å². The summed E-state index contributed by atoms with van der Waals surface area (Å²) in [5.74, 6) is 2.41. The highest BCUT2D eigenvalue weighted by molar-refractivity contribution is 7.89. The van der Waals surface area contributed by atoms with Crippen LogP contribution in [0.25, 0.3) is 0 Å². The van der Waals surface area contributed by atoms with Gasteiger partial charge < -0.3 is 30.2 Å². The van der Waals surface area contributed by atoms with Crippen molar-refractivity contribution in [1.82, 2.24) is 25.1 Å². The molecule has 5 heterocycles. The molecular weight excluding hydrogens is 2070 g/mol. The number of anilines is 4. The van der Waals surface area contributed by atoms with Crippen LogP contribution in [0.3, 0.4) is 0 Å². The van der Waals surface area contributed by atoms with Gasteiger partial charge in [0.15, 0.2) is 0 Å². The minimum Gasteiger partial charge on any atom is -0.364 e. The van der Waals surface area contributed by atoms with Crippen molar-refractivity contribution in [3.05, 3.63) is 379 Å². The Morgan fingerprint density at radius 1 is 0.373 bits per heavy atom. The van der Waals surface area contributed by atoms with E-state index in [1.165, 1.54) is 23.9 Å². The van der Waals surface area contributed by atoms with Crippen molar-refractivity contribution >= 4 is 194 Å². The van der Waals surface area contributed by atoms with E-state index in [4.69, 9.17) is 144 Å². The summed E-state index contributed by atoms with van der Waals surface area (Å²) < 4.78 is 58.2. The molecular formula is C112H110Cl12N10O6S2. The number of hydrogen-bond acceptors (Lipinski definition) is 12. The number of pyridine rings is 1. The summed E-state index contributed by atoms with van der Waals surface area (Å²) in [4.78, 5) is 39.6. The van der Waals surface area contributed by atoms with Crippen LogP contribution in [0.2, 0.25) is 60.3 Å². The molecule has 0 spiro atoms. The van der Waals surface area contributed by atoms with Crippen LogP contribution in [0.5, 0.6) is 0 Å². The van der Waals surface area contributed by atoms with Gasteiger partial charge in [0.1, 0.15) is 4.90 Å². The van der Waals surface area contributed by atoms with Gasteiger partial charge in [0.25, 0.3) is 0 Å². The van der Waals surface area contributed by atoms with Crippen molar-refractivity contribution < 1.29 is 26.4 Å². The van der Waals surface area contributed by atoms with Gasteiger partial charge in [-0.1, -0.05) is 230 Å². The maximum atomic E-state index is 13.1. The zero-order valence-corrected chi connectivity index (χ0v) is 88.7. The number of hydrogen-bond donors (Lipinski definition) is 4. The summed E-state index contributed by atoms with van der Waals surface area (Å²) in [5, 5.41) is 23.6. The maximum absolute atomic E-state index is 13.1. The first-order chi connectivity index (χ1) is 68.4. The van der Waals surface area contributed by atoms with Crippen LogP contribution in [0.4, 0.5) is 22.7 Å². The number of benzene rings is 11. The number of carbonyl (C=O) groups is 2. The molecule has 8 fully saturated rings. The third kappa shape index (κ3) is 26.5. The second-order valence-corrected chi connectivity index (χ2v) is 47.4. The zero-order chi connectivity index (χ0) is 99.6. The number of aromatic nitrogens is 1. The van der Waals surface area contributed by atoms with Gasteiger partial charge in [-0.25, -0.2) is 26.3 Å². The lowest BCUT2D eigenvalue weighted by atomic mass is 9.84. The Bertz CT molecular complexity index is 6700. The fourth-order valence-electron chi connectivity index (χ4n) is 21.2. The first-order valence-corrected chi connectivity index (χ1v) is 55.9. The van der Waals surface area contributed by atoms with E-state index in [0.717, 1.165) is 209 Å². The van der Waals surface area contributed by atoms with E-state index >= 15 is 0 Å². The molecule has 1 aromatic heterocycles. The minimum absolute atomic E-state index is 0.0720. The van der Waals surface area contributed by atoms with E-state index in [2.05, 4.69) is 93.2 Å². The van der Waals surface area contributed by atoms with Gasteiger partial charge in [0, 0.05) is 152 Å². The van der Waals surface area contributed by atoms with Crippen molar-refractivity contribution in [2.24, 2.45) is 29.6 Å². The van der Waals surface area contributed by atoms with E-state index in [9.17, 15) is 26.4 Å². The molecule has 2 amide bonds. The van der Waals surface area contributed by atoms with Gasteiger partial charge in [0.05, 0.1) is 46.1 Å². The van der Waals surface area contributed by atoms with Crippen LogP contribution in [-0.4, -0.2) is 84.0 Å². The maximum Gasteiger partial charge on any atom is 0.242 e. The number of nitrogens with one attached hydrogen (secondary N) is 4.